The van der Waals surface area contributed by atoms with E-state index in [0.29, 0.717) is 26.1 Å². The first-order chi connectivity index (χ1) is 13.2. The number of carbonyl (C=O) groups is 1. The Morgan fingerprint density at radius 1 is 1.11 bits per heavy atom. The van der Waals surface area contributed by atoms with Gasteiger partial charge in [0.25, 0.3) is 0 Å². The molecule has 4 rings (SSSR count). The van der Waals surface area contributed by atoms with Gasteiger partial charge in [-0.1, -0.05) is 48.5 Å². The van der Waals surface area contributed by atoms with Crippen molar-refractivity contribution in [3.8, 4) is 0 Å². The number of fused-ring (bicyclic) bond motifs is 1. The van der Waals surface area contributed by atoms with Crippen molar-refractivity contribution in [1.82, 2.24) is 9.47 Å². The molecule has 1 amide bonds. The van der Waals surface area contributed by atoms with E-state index in [1.165, 1.54) is 16.5 Å². The number of aromatic nitrogens is 1. The summed E-state index contributed by atoms with van der Waals surface area (Å²) >= 11 is 0. The molecule has 27 heavy (non-hydrogen) atoms. The largest absolute Gasteiger partial charge is 0.370 e. The molecule has 1 fully saturated rings. The van der Waals surface area contributed by atoms with Crippen LogP contribution in [-0.2, 0) is 23.0 Å². The summed E-state index contributed by atoms with van der Waals surface area (Å²) in [6, 6.07) is 18.6. The SMILES string of the molecule is Cn1cc(CCCC(=O)N2CCO[C@H](c3ccccc3)C2)c2ccccc21. The van der Waals surface area contributed by atoms with Crippen molar-refractivity contribution in [1.29, 1.82) is 0 Å². The van der Waals surface area contributed by atoms with Crippen LogP contribution in [0.4, 0.5) is 0 Å². The fraction of sp³-hybridized carbons (Fsp3) is 0.348. The Bertz CT molecular complexity index is 917. The standard InChI is InChI=1S/C23H26N2O2/c1-24-16-19(20-11-5-6-12-21(20)24)10-7-13-23(26)25-14-15-27-22(17-25)18-8-3-2-4-9-18/h2-6,8-9,11-12,16,22H,7,10,13-15,17H2,1H3/t22-/m0/s1. The summed E-state index contributed by atoms with van der Waals surface area (Å²) < 4.78 is 8.04. The van der Waals surface area contributed by atoms with Crippen LogP contribution in [0.25, 0.3) is 10.9 Å². The molecule has 2 aromatic carbocycles. The van der Waals surface area contributed by atoms with Crippen molar-refractivity contribution in [2.24, 2.45) is 7.05 Å². The number of rotatable bonds is 5. The average molecular weight is 362 g/mol. The van der Waals surface area contributed by atoms with E-state index < -0.39 is 0 Å². The zero-order valence-corrected chi connectivity index (χ0v) is 15.8. The molecule has 3 aromatic rings. The fourth-order valence-electron chi connectivity index (χ4n) is 3.96. The predicted octanol–water partition coefficient (Wildman–Crippen LogP) is 4.10. The van der Waals surface area contributed by atoms with Gasteiger partial charge < -0.3 is 14.2 Å². The lowest BCUT2D eigenvalue weighted by Crippen LogP contribution is -2.42. The normalized spacial score (nSPS) is 17.4. The van der Waals surface area contributed by atoms with Crippen LogP contribution in [0.2, 0.25) is 0 Å². The maximum Gasteiger partial charge on any atom is 0.222 e. The van der Waals surface area contributed by atoms with E-state index >= 15 is 0 Å². The third-order valence-electron chi connectivity index (χ3n) is 5.41. The van der Waals surface area contributed by atoms with Crippen molar-refractivity contribution in [3.63, 3.8) is 0 Å². The first-order valence-electron chi connectivity index (χ1n) is 9.69. The number of amides is 1. The average Bonchev–Trinajstić information content (AvgIpc) is 3.05. The van der Waals surface area contributed by atoms with Gasteiger partial charge in [-0.3, -0.25) is 4.79 Å². The lowest BCUT2D eigenvalue weighted by Gasteiger charge is -2.33. The van der Waals surface area contributed by atoms with E-state index in [4.69, 9.17) is 4.74 Å². The second-order valence-corrected chi connectivity index (χ2v) is 7.25. The first-order valence-corrected chi connectivity index (χ1v) is 9.69. The molecular formula is C23H26N2O2. The molecule has 1 aliphatic heterocycles. The van der Waals surface area contributed by atoms with Gasteiger partial charge in [-0.25, -0.2) is 0 Å². The minimum Gasteiger partial charge on any atom is -0.370 e. The van der Waals surface area contributed by atoms with E-state index in [0.717, 1.165) is 18.4 Å². The highest BCUT2D eigenvalue weighted by Crippen LogP contribution is 2.24. The van der Waals surface area contributed by atoms with E-state index in [9.17, 15) is 4.79 Å². The van der Waals surface area contributed by atoms with Crippen molar-refractivity contribution in [3.05, 3.63) is 71.9 Å². The minimum atomic E-state index is -0.0121. The smallest absolute Gasteiger partial charge is 0.222 e. The quantitative estimate of drug-likeness (QED) is 0.685. The molecule has 0 radical (unpaired) electrons. The van der Waals surface area contributed by atoms with Gasteiger partial charge in [-0.05, 0) is 30.0 Å². The van der Waals surface area contributed by atoms with Crippen LogP contribution >= 0.6 is 0 Å². The topological polar surface area (TPSA) is 34.5 Å². The number of carbonyl (C=O) groups excluding carboxylic acids is 1. The number of para-hydroxylation sites is 1. The van der Waals surface area contributed by atoms with Gasteiger partial charge >= 0.3 is 0 Å². The Balaban J connectivity index is 1.34. The number of nitrogens with zero attached hydrogens (tertiary/aromatic N) is 2. The van der Waals surface area contributed by atoms with Gasteiger partial charge in [-0.15, -0.1) is 0 Å². The molecule has 1 aliphatic rings. The molecule has 0 bridgehead atoms. The van der Waals surface area contributed by atoms with Crippen molar-refractivity contribution in [2.75, 3.05) is 19.7 Å². The molecule has 4 nitrogen and oxygen atoms in total. The van der Waals surface area contributed by atoms with Crippen LogP contribution < -0.4 is 0 Å². The molecule has 1 saturated heterocycles. The molecule has 140 valence electrons. The molecule has 4 heteroatoms. The maximum atomic E-state index is 12.7. The Kier molecular flexibility index (Phi) is 5.26. The number of hydrogen-bond acceptors (Lipinski definition) is 2. The van der Waals surface area contributed by atoms with Crippen LogP contribution in [0.15, 0.2) is 60.8 Å². The molecular weight excluding hydrogens is 336 g/mol. The van der Waals surface area contributed by atoms with Crippen LogP contribution in [0, 0.1) is 0 Å². The van der Waals surface area contributed by atoms with Crippen LogP contribution in [-0.4, -0.2) is 35.1 Å². The Morgan fingerprint density at radius 3 is 2.74 bits per heavy atom. The summed E-state index contributed by atoms with van der Waals surface area (Å²) in [5, 5.41) is 1.29. The molecule has 0 N–H and O–H groups in total. The predicted molar refractivity (Wildman–Crippen MR) is 108 cm³/mol. The van der Waals surface area contributed by atoms with Gasteiger partial charge in [0, 0.05) is 37.1 Å². The van der Waals surface area contributed by atoms with Gasteiger partial charge in [0.05, 0.1) is 13.2 Å². The highest BCUT2D eigenvalue weighted by atomic mass is 16.5. The summed E-state index contributed by atoms with van der Waals surface area (Å²) in [6.07, 6.45) is 4.57. The summed E-state index contributed by atoms with van der Waals surface area (Å²) in [6.45, 7) is 1.95. The van der Waals surface area contributed by atoms with E-state index in [1.807, 2.05) is 23.1 Å². The van der Waals surface area contributed by atoms with Crippen LogP contribution in [0.3, 0.4) is 0 Å². The highest BCUT2D eigenvalue weighted by Gasteiger charge is 2.24. The Hall–Kier alpha value is -2.59. The molecule has 0 spiro atoms. The summed E-state index contributed by atoms with van der Waals surface area (Å²) in [5.74, 6) is 0.236. The first kappa shape index (κ1) is 17.8. The van der Waals surface area contributed by atoms with Crippen molar-refractivity contribution >= 4 is 16.8 Å². The molecule has 0 unspecified atom stereocenters. The number of morpholine rings is 1. The lowest BCUT2D eigenvalue weighted by molar-refractivity contribution is -0.139. The number of benzene rings is 2. The third kappa shape index (κ3) is 3.91. The molecule has 1 atom stereocenters. The fourth-order valence-corrected chi connectivity index (χ4v) is 3.96. The summed E-state index contributed by atoms with van der Waals surface area (Å²) in [4.78, 5) is 14.7. The Morgan fingerprint density at radius 2 is 1.89 bits per heavy atom. The molecule has 1 aromatic heterocycles. The Labute approximate surface area is 160 Å². The number of ether oxygens (including phenoxy) is 1. The molecule has 2 heterocycles. The van der Waals surface area contributed by atoms with Crippen LogP contribution in [0.5, 0.6) is 0 Å². The van der Waals surface area contributed by atoms with Crippen LogP contribution in [0.1, 0.15) is 30.1 Å². The van der Waals surface area contributed by atoms with Gasteiger partial charge in [-0.2, -0.15) is 0 Å². The van der Waals surface area contributed by atoms with Crippen molar-refractivity contribution < 1.29 is 9.53 Å². The third-order valence-corrected chi connectivity index (χ3v) is 5.41. The zero-order valence-electron chi connectivity index (χ0n) is 15.8. The van der Waals surface area contributed by atoms with Gasteiger partial charge in [0.2, 0.25) is 5.91 Å². The number of hydrogen-bond donors (Lipinski definition) is 0. The second kappa shape index (κ2) is 7.97. The minimum absolute atomic E-state index is 0.0121. The molecule has 0 aliphatic carbocycles. The molecule has 0 saturated carbocycles. The van der Waals surface area contributed by atoms with E-state index in [1.54, 1.807) is 0 Å². The van der Waals surface area contributed by atoms with Gasteiger partial charge in [0.1, 0.15) is 6.10 Å². The summed E-state index contributed by atoms with van der Waals surface area (Å²) in [5.41, 5.74) is 3.72. The zero-order chi connectivity index (χ0) is 18.6. The second-order valence-electron chi connectivity index (χ2n) is 7.25. The monoisotopic (exact) mass is 362 g/mol. The maximum absolute atomic E-state index is 12.7. The van der Waals surface area contributed by atoms with E-state index in [2.05, 4.69) is 54.2 Å². The van der Waals surface area contributed by atoms with E-state index in [-0.39, 0.29) is 12.0 Å². The highest BCUT2D eigenvalue weighted by molar-refractivity contribution is 5.84. The lowest BCUT2D eigenvalue weighted by atomic mass is 10.1. The number of aryl methyl sites for hydroxylation is 2. The van der Waals surface area contributed by atoms with Gasteiger partial charge in [0.15, 0.2) is 0 Å². The van der Waals surface area contributed by atoms with Crippen molar-refractivity contribution in [2.45, 2.75) is 25.4 Å². The summed E-state index contributed by atoms with van der Waals surface area (Å²) in [7, 11) is 2.08.